The first-order valence-electron chi connectivity index (χ1n) is 12.8. The molecule has 0 saturated carbocycles. The zero-order chi connectivity index (χ0) is 28.5. The molecule has 4 aromatic carbocycles. The Bertz CT molecular complexity index is 1470. The van der Waals surface area contributed by atoms with Gasteiger partial charge in [0.1, 0.15) is 11.5 Å². The first-order chi connectivity index (χ1) is 18.4. The molecule has 4 N–H and O–H groups in total. The van der Waals surface area contributed by atoms with Crippen LogP contribution in [0.5, 0.6) is 11.5 Å². The summed E-state index contributed by atoms with van der Waals surface area (Å²) in [7, 11) is 0. The van der Waals surface area contributed by atoms with Crippen molar-refractivity contribution < 1.29 is 19.8 Å². The van der Waals surface area contributed by atoms with Crippen LogP contribution < -0.4 is 10.6 Å². The van der Waals surface area contributed by atoms with E-state index < -0.39 is 5.41 Å². The first kappa shape index (κ1) is 27.5. The third-order valence-corrected chi connectivity index (χ3v) is 7.47. The molecule has 0 radical (unpaired) electrons. The van der Waals surface area contributed by atoms with Gasteiger partial charge in [-0.3, -0.25) is 9.59 Å². The smallest absolute Gasteiger partial charge is 0.255 e. The predicted octanol–water partition coefficient (Wildman–Crippen LogP) is 7.16. The van der Waals surface area contributed by atoms with E-state index in [1.165, 1.54) is 0 Å². The molecule has 0 spiro atoms. The van der Waals surface area contributed by atoms with Crippen LogP contribution in [0.1, 0.15) is 67.9 Å². The molecule has 0 atom stereocenters. The van der Waals surface area contributed by atoms with Gasteiger partial charge in [-0.05, 0) is 110 Å². The Balaban J connectivity index is 1.61. The van der Waals surface area contributed by atoms with Gasteiger partial charge < -0.3 is 20.8 Å². The van der Waals surface area contributed by atoms with Crippen molar-refractivity contribution in [3.8, 4) is 11.5 Å². The molecule has 6 nitrogen and oxygen atoms in total. The zero-order valence-electron chi connectivity index (χ0n) is 23.1. The van der Waals surface area contributed by atoms with Gasteiger partial charge >= 0.3 is 0 Å². The Morgan fingerprint density at radius 2 is 0.949 bits per heavy atom. The number of amides is 2. The van der Waals surface area contributed by atoms with Gasteiger partial charge in [0.05, 0.1) is 11.4 Å². The Kier molecular flexibility index (Phi) is 7.50. The summed E-state index contributed by atoms with van der Waals surface area (Å²) in [5, 5.41) is 26.6. The summed E-state index contributed by atoms with van der Waals surface area (Å²) in [6, 6.07) is 21.1. The Labute approximate surface area is 229 Å². The molecule has 200 valence electrons. The highest BCUT2D eigenvalue weighted by molar-refractivity contribution is 6.06. The number of aromatic hydroxyl groups is 2. The molecule has 4 rings (SSSR count). The summed E-state index contributed by atoms with van der Waals surface area (Å²) in [6.07, 6.45) is 0. The summed E-state index contributed by atoms with van der Waals surface area (Å²) < 4.78 is 0. The van der Waals surface area contributed by atoms with Crippen molar-refractivity contribution in [1.82, 2.24) is 0 Å². The molecule has 4 aromatic rings. The highest BCUT2D eigenvalue weighted by atomic mass is 16.3. The van der Waals surface area contributed by atoms with Crippen LogP contribution in [-0.4, -0.2) is 22.0 Å². The van der Waals surface area contributed by atoms with E-state index in [0.717, 1.165) is 33.4 Å². The van der Waals surface area contributed by atoms with Gasteiger partial charge in [0.25, 0.3) is 11.8 Å². The predicted molar refractivity (Wildman–Crippen MR) is 156 cm³/mol. The van der Waals surface area contributed by atoms with Crippen LogP contribution in [0.2, 0.25) is 0 Å². The number of phenolic OH excluding ortho intramolecular Hbond substituents is 2. The summed E-state index contributed by atoms with van der Waals surface area (Å²) in [5.74, 6) is -0.716. The average molecular weight is 523 g/mol. The van der Waals surface area contributed by atoms with Crippen molar-refractivity contribution >= 4 is 23.2 Å². The summed E-state index contributed by atoms with van der Waals surface area (Å²) >= 11 is 0. The van der Waals surface area contributed by atoms with Gasteiger partial charge in [-0.15, -0.1) is 0 Å². The van der Waals surface area contributed by atoms with E-state index in [1.807, 2.05) is 65.8 Å². The number of aryl methyl sites for hydroxylation is 4. The number of benzene rings is 4. The van der Waals surface area contributed by atoms with Crippen LogP contribution in [0.4, 0.5) is 11.4 Å². The lowest BCUT2D eigenvalue weighted by atomic mass is 9.77. The molecule has 0 bridgehead atoms. The standard InChI is InChI=1S/C33H34N2O4/c1-19-7-9-23(15-21(19)3)31(38)34-27-17-25(11-13-29(27)36)33(5,6)26-12-14-30(37)28(18-26)35-32(39)24-10-8-20(2)22(4)16-24/h7-18,36-37H,1-6H3,(H,34,38)(H,35,39). The molecule has 0 unspecified atom stereocenters. The second-order valence-corrected chi connectivity index (χ2v) is 10.6. The molecule has 6 heteroatoms. The van der Waals surface area contributed by atoms with Crippen molar-refractivity contribution in [2.75, 3.05) is 10.6 Å². The minimum Gasteiger partial charge on any atom is -0.506 e. The van der Waals surface area contributed by atoms with Crippen molar-refractivity contribution in [2.45, 2.75) is 47.0 Å². The molecule has 0 saturated heterocycles. The fourth-order valence-electron chi connectivity index (χ4n) is 4.37. The number of carbonyl (C=O) groups is 2. The summed E-state index contributed by atoms with van der Waals surface area (Å²) in [6.45, 7) is 11.9. The fourth-order valence-corrected chi connectivity index (χ4v) is 4.37. The Morgan fingerprint density at radius 1 is 0.564 bits per heavy atom. The quantitative estimate of drug-likeness (QED) is 0.202. The van der Waals surface area contributed by atoms with Crippen LogP contribution >= 0.6 is 0 Å². The Morgan fingerprint density at radius 3 is 1.31 bits per heavy atom. The maximum atomic E-state index is 12.9. The fraction of sp³-hybridized carbons (Fsp3) is 0.212. The van der Waals surface area contributed by atoms with Gasteiger partial charge in [0.15, 0.2) is 0 Å². The van der Waals surface area contributed by atoms with Crippen LogP contribution in [-0.2, 0) is 5.41 Å². The number of rotatable bonds is 6. The van der Waals surface area contributed by atoms with E-state index in [4.69, 9.17) is 0 Å². The van der Waals surface area contributed by atoms with Gasteiger partial charge in [-0.25, -0.2) is 0 Å². The largest absolute Gasteiger partial charge is 0.506 e. The van der Waals surface area contributed by atoms with E-state index in [0.29, 0.717) is 22.5 Å². The number of carbonyl (C=O) groups excluding carboxylic acids is 2. The van der Waals surface area contributed by atoms with Crippen molar-refractivity contribution in [3.63, 3.8) is 0 Å². The lowest BCUT2D eigenvalue weighted by Gasteiger charge is -2.28. The van der Waals surface area contributed by atoms with Crippen molar-refractivity contribution in [3.05, 3.63) is 117 Å². The molecule has 39 heavy (non-hydrogen) atoms. The highest BCUT2D eigenvalue weighted by Crippen LogP contribution is 2.38. The number of phenols is 2. The number of anilines is 2. The van der Waals surface area contributed by atoms with Crippen molar-refractivity contribution in [1.29, 1.82) is 0 Å². The van der Waals surface area contributed by atoms with Crippen LogP contribution in [0.25, 0.3) is 0 Å². The number of hydrogen-bond acceptors (Lipinski definition) is 4. The van der Waals surface area contributed by atoms with E-state index >= 15 is 0 Å². The minimum absolute atomic E-state index is 0.0428. The summed E-state index contributed by atoms with van der Waals surface area (Å²) in [4.78, 5) is 25.8. The van der Waals surface area contributed by atoms with Crippen LogP contribution in [0.3, 0.4) is 0 Å². The lowest BCUT2D eigenvalue weighted by Crippen LogP contribution is -2.20. The molecule has 2 amide bonds. The normalized spacial score (nSPS) is 11.2. The van der Waals surface area contributed by atoms with Gasteiger partial charge in [0.2, 0.25) is 0 Å². The van der Waals surface area contributed by atoms with Crippen LogP contribution in [0.15, 0.2) is 72.8 Å². The monoisotopic (exact) mass is 522 g/mol. The molecule has 0 heterocycles. The number of nitrogens with one attached hydrogen (secondary N) is 2. The van der Waals surface area contributed by atoms with Gasteiger partial charge in [0, 0.05) is 16.5 Å². The first-order valence-corrected chi connectivity index (χ1v) is 12.8. The van der Waals surface area contributed by atoms with Gasteiger partial charge in [-0.1, -0.05) is 38.1 Å². The second-order valence-electron chi connectivity index (χ2n) is 10.6. The van der Waals surface area contributed by atoms with E-state index in [1.54, 1.807) is 48.5 Å². The van der Waals surface area contributed by atoms with E-state index in [9.17, 15) is 19.8 Å². The number of hydrogen-bond donors (Lipinski definition) is 4. The third-order valence-electron chi connectivity index (χ3n) is 7.47. The molecular weight excluding hydrogens is 488 g/mol. The third kappa shape index (κ3) is 5.80. The summed E-state index contributed by atoms with van der Waals surface area (Å²) in [5.41, 5.74) is 6.87. The molecular formula is C33H34N2O4. The maximum Gasteiger partial charge on any atom is 0.255 e. The SMILES string of the molecule is Cc1ccc(C(=O)Nc2cc(C(C)(C)c3ccc(O)c(NC(=O)c4ccc(C)c(C)c4)c3)ccc2O)cc1C. The molecule has 0 aliphatic carbocycles. The minimum atomic E-state index is -0.596. The molecule has 0 aromatic heterocycles. The lowest BCUT2D eigenvalue weighted by molar-refractivity contribution is 0.101. The molecule has 0 aliphatic rings. The van der Waals surface area contributed by atoms with Gasteiger partial charge in [-0.2, -0.15) is 0 Å². The zero-order valence-corrected chi connectivity index (χ0v) is 23.1. The van der Waals surface area contributed by atoms with E-state index in [-0.39, 0.29) is 23.3 Å². The molecule has 0 aliphatic heterocycles. The second kappa shape index (κ2) is 10.7. The van der Waals surface area contributed by atoms with E-state index in [2.05, 4.69) is 10.6 Å². The molecule has 0 fully saturated rings. The topological polar surface area (TPSA) is 98.7 Å². The Hall–Kier alpha value is -4.58. The van der Waals surface area contributed by atoms with Crippen LogP contribution in [0, 0.1) is 27.7 Å². The maximum absolute atomic E-state index is 12.9. The highest BCUT2D eigenvalue weighted by Gasteiger charge is 2.26. The van der Waals surface area contributed by atoms with Crippen molar-refractivity contribution in [2.24, 2.45) is 0 Å². The average Bonchev–Trinajstić information content (AvgIpc) is 2.89.